The van der Waals surface area contributed by atoms with Gasteiger partial charge in [-0.25, -0.2) is 16.8 Å². The molecule has 1 atom stereocenters. The smallest absolute Gasteiger partial charge is 0.217 e. The van der Waals surface area contributed by atoms with Gasteiger partial charge in [-0.3, -0.25) is 0 Å². The van der Waals surface area contributed by atoms with Crippen LogP contribution in [0.15, 0.2) is 0 Å². The first-order valence-corrected chi connectivity index (χ1v) is 9.72. The lowest BCUT2D eigenvalue weighted by Crippen LogP contribution is -2.51. The molecule has 0 saturated carbocycles. The van der Waals surface area contributed by atoms with E-state index in [1.807, 2.05) is 0 Å². The van der Waals surface area contributed by atoms with E-state index in [2.05, 4.69) is 0 Å². The molecule has 6 nitrogen and oxygen atoms in total. The zero-order valence-corrected chi connectivity index (χ0v) is 12.0. The van der Waals surface area contributed by atoms with Gasteiger partial charge in [0.15, 0.2) is 9.84 Å². The zero-order valence-electron chi connectivity index (χ0n) is 9.57. The van der Waals surface area contributed by atoms with Gasteiger partial charge in [-0.15, -0.1) is 0 Å². The molecule has 0 aliphatic carbocycles. The van der Waals surface area contributed by atoms with E-state index < -0.39 is 37.6 Å². The first-order chi connectivity index (χ1) is 7.85. The lowest BCUT2D eigenvalue weighted by atomic mass is 10.6. The van der Waals surface area contributed by atoms with Crippen LogP contribution in [0.5, 0.6) is 0 Å². The van der Waals surface area contributed by atoms with Crippen molar-refractivity contribution < 1.29 is 21.9 Å². The van der Waals surface area contributed by atoms with Gasteiger partial charge in [-0.2, -0.15) is 16.1 Å². The third kappa shape index (κ3) is 3.57. The molecule has 0 radical (unpaired) electrons. The Morgan fingerprint density at radius 2 is 2.00 bits per heavy atom. The van der Waals surface area contributed by atoms with Gasteiger partial charge >= 0.3 is 0 Å². The number of hydrogen-bond acceptors (Lipinski definition) is 6. The van der Waals surface area contributed by atoms with Crippen molar-refractivity contribution in [2.45, 2.75) is 12.3 Å². The van der Waals surface area contributed by atoms with Crippen LogP contribution in [-0.2, 0) is 19.9 Å². The fourth-order valence-corrected chi connectivity index (χ4v) is 6.70. The third-order valence-corrected chi connectivity index (χ3v) is 7.83. The normalized spacial score (nSPS) is 23.8. The summed E-state index contributed by atoms with van der Waals surface area (Å²) in [7, 11) is -7.11. The van der Waals surface area contributed by atoms with Crippen LogP contribution >= 0.6 is 11.8 Å². The first kappa shape index (κ1) is 15.2. The van der Waals surface area contributed by atoms with Crippen LogP contribution < -0.4 is 0 Å². The lowest BCUT2D eigenvalue weighted by molar-refractivity contribution is 0.313. The Bertz CT molecular complexity index is 444. The van der Waals surface area contributed by atoms with Gasteiger partial charge in [0.2, 0.25) is 10.0 Å². The van der Waals surface area contributed by atoms with Crippen molar-refractivity contribution in [3.05, 3.63) is 0 Å². The topological polar surface area (TPSA) is 91.8 Å². The molecule has 1 aliphatic heterocycles. The number of thioether (sulfide) groups is 1. The number of sulfone groups is 1. The van der Waals surface area contributed by atoms with E-state index in [0.29, 0.717) is 5.75 Å². The summed E-state index contributed by atoms with van der Waals surface area (Å²) in [6.45, 7) is 1.20. The van der Waals surface area contributed by atoms with Crippen LogP contribution in [0.3, 0.4) is 0 Å². The highest BCUT2D eigenvalue weighted by Crippen LogP contribution is 2.24. The molecule has 102 valence electrons. The molecule has 9 heteroatoms. The molecule has 0 bridgehead atoms. The Balaban J connectivity index is 3.03. The Hall–Kier alpha value is 0.170. The second-order valence-electron chi connectivity index (χ2n) is 3.63. The van der Waals surface area contributed by atoms with Crippen molar-refractivity contribution in [1.29, 1.82) is 0 Å². The van der Waals surface area contributed by atoms with Gasteiger partial charge in [-0.1, -0.05) is 6.92 Å². The standard InChI is InChI=1S/C8H17NO5S3/c1-2-16(11,12)8-7-15-5-3-9(8)17(13,14)6-4-10/h8,10H,2-7H2,1H3. The van der Waals surface area contributed by atoms with Gasteiger partial charge in [0.1, 0.15) is 5.37 Å². The molecular weight excluding hydrogens is 286 g/mol. The summed E-state index contributed by atoms with van der Waals surface area (Å²) in [6.07, 6.45) is 0. The van der Waals surface area contributed by atoms with Crippen LogP contribution in [0.4, 0.5) is 0 Å². The van der Waals surface area contributed by atoms with Crippen LogP contribution in [-0.4, -0.2) is 67.8 Å². The number of aliphatic hydroxyl groups is 1. The molecule has 1 fully saturated rings. The SMILES string of the molecule is CCS(=O)(=O)C1CSCCN1S(=O)(=O)CCO. The Morgan fingerprint density at radius 3 is 2.53 bits per heavy atom. The van der Waals surface area contributed by atoms with Crippen molar-refractivity contribution in [2.24, 2.45) is 0 Å². The summed E-state index contributed by atoms with van der Waals surface area (Å²) in [6, 6.07) is 0. The van der Waals surface area contributed by atoms with Crippen molar-refractivity contribution in [1.82, 2.24) is 4.31 Å². The van der Waals surface area contributed by atoms with E-state index in [-0.39, 0.29) is 18.1 Å². The van der Waals surface area contributed by atoms with Gasteiger partial charge in [-0.05, 0) is 0 Å². The molecule has 0 amide bonds. The maximum absolute atomic E-state index is 11.9. The predicted molar refractivity (Wildman–Crippen MR) is 68.2 cm³/mol. The minimum Gasteiger partial charge on any atom is -0.395 e. The van der Waals surface area contributed by atoms with Crippen LogP contribution in [0, 0.1) is 0 Å². The molecular formula is C8H17NO5S3. The minimum atomic E-state index is -3.68. The van der Waals surface area contributed by atoms with Crippen molar-refractivity contribution in [2.75, 3.05) is 36.2 Å². The van der Waals surface area contributed by atoms with E-state index in [9.17, 15) is 16.8 Å². The lowest BCUT2D eigenvalue weighted by Gasteiger charge is -2.33. The van der Waals surface area contributed by atoms with Crippen molar-refractivity contribution in [3.8, 4) is 0 Å². The summed E-state index contributed by atoms with van der Waals surface area (Å²) < 4.78 is 48.4. The summed E-state index contributed by atoms with van der Waals surface area (Å²) in [4.78, 5) is 0. The fraction of sp³-hybridized carbons (Fsp3) is 1.00. The molecule has 1 N–H and O–H groups in total. The maximum atomic E-state index is 11.9. The number of aliphatic hydroxyl groups excluding tert-OH is 1. The Morgan fingerprint density at radius 1 is 1.35 bits per heavy atom. The van der Waals surface area contributed by atoms with E-state index in [1.165, 1.54) is 18.7 Å². The van der Waals surface area contributed by atoms with E-state index in [0.717, 1.165) is 4.31 Å². The van der Waals surface area contributed by atoms with Gasteiger partial charge in [0, 0.05) is 23.8 Å². The van der Waals surface area contributed by atoms with E-state index in [4.69, 9.17) is 5.11 Å². The average Bonchev–Trinajstić information content (AvgIpc) is 2.29. The number of rotatable bonds is 5. The summed E-state index contributed by atoms with van der Waals surface area (Å²) >= 11 is 1.44. The van der Waals surface area contributed by atoms with Crippen LogP contribution in [0.1, 0.15) is 6.92 Å². The van der Waals surface area contributed by atoms with Crippen LogP contribution in [0.2, 0.25) is 0 Å². The molecule has 0 aromatic heterocycles. The molecule has 1 heterocycles. The van der Waals surface area contributed by atoms with Gasteiger partial charge in [0.25, 0.3) is 0 Å². The van der Waals surface area contributed by atoms with Gasteiger partial charge in [0.05, 0.1) is 12.4 Å². The molecule has 0 aromatic rings. The fourth-order valence-electron chi connectivity index (χ4n) is 1.59. The van der Waals surface area contributed by atoms with Gasteiger partial charge < -0.3 is 5.11 Å². The quantitative estimate of drug-likeness (QED) is 0.709. The van der Waals surface area contributed by atoms with E-state index >= 15 is 0 Å². The molecule has 0 spiro atoms. The van der Waals surface area contributed by atoms with Crippen LogP contribution in [0.25, 0.3) is 0 Å². The highest BCUT2D eigenvalue weighted by Gasteiger charge is 2.39. The van der Waals surface area contributed by atoms with Crippen molar-refractivity contribution >= 4 is 31.6 Å². The highest BCUT2D eigenvalue weighted by atomic mass is 32.2. The Kier molecular flexibility index (Phi) is 5.26. The summed E-state index contributed by atoms with van der Waals surface area (Å²) in [5.41, 5.74) is 0. The molecule has 17 heavy (non-hydrogen) atoms. The number of hydrogen-bond donors (Lipinski definition) is 1. The average molecular weight is 303 g/mol. The molecule has 1 saturated heterocycles. The number of nitrogens with zero attached hydrogens (tertiary/aromatic N) is 1. The first-order valence-electron chi connectivity index (χ1n) is 5.25. The molecule has 1 rings (SSSR count). The third-order valence-electron chi connectivity index (χ3n) is 2.56. The predicted octanol–water partition coefficient (Wildman–Crippen LogP) is -0.882. The second kappa shape index (κ2) is 5.87. The van der Waals surface area contributed by atoms with Crippen molar-refractivity contribution in [3.63, 3.8) is 0 Å². The molecule has 0 aromatic carbocycles. The monoisotopic (exact) mass is 303 g/mol. The van der Waals surface area contributed by atoms with E-state index in [1.54, 1.807) is 0 Å². The second-order valence-corrected chi connectivity index (χ2v) is 9.27. The largest absolute Gasteiger partial charge is 0.395 e. The zero-order chi connectivity index (χ0) is 13.1. The Labute approximate surface area is 106 Å². The highest BCUT2D eigenvalue weighted by molar-refractivity contribution is 8.01. The summed E-state index contributed by atoms with van der Waals surface area (Å²) in [5.74, 6) is 0.345. The number of sulfonamides is 1. The summed E-state index contributed by atoms with van der Waals surface area (Å²) in [5, 5.41) is 7.73. The minimum absolute atomic E-state index is 0.0800. The molecule has 1 aliphatic rings. The maximum Gasteiger partial charge on any atom is 0.217 e. The molecule has 1 unspecified atom stereocenters.